The van der Waals surface area contributed by atoms with Crippen LogP contribution in [0.4, 0.5) is 5.69 Å². The number of anilines is 1. The van der Waals surface area contributed by atoms with E-state index in [1.807, 2.05) is 0 Å². The van der Waals surface area contributed by atoms with Crippen molar-refractivity contribution in [1.29, 1.82) is 0 Å². The van der Waals surface area contributed by atoms with Crippen LogP contribution < -0.4 is 30.2 Å². The number of esters is 2. The van der Waals surface area contributed by atoms with Crippen LogP contribution in [-0.2, 0) is 16.1 Å². The van der Waals surface area contributed by atoms with Crippen LogP contribution in [0, 0.1) is 0 Å². The number of hydrogen-bond donors (Lipinski definition) is 1. The zero-order valence-electron chi connectivity index (χ0n) is 25.9. The maximum absolute atomic E-state index is 14.3. The molecule has 0 aliphatic carbocycles. The van der Waals surface area contributed by atoms with Gasteiger partial charge in [0.25, 0.3) is 5.56 Å². The lowest BCUT2D eigenvalue weighted by Crippen LogP contribution is -2.27. The monoisotopic (exact) mass is 624 g/mol. The fraction of sp³-hybridized carbons (Fsp3) is 0.171. The van der Waals surface area contributed by atoms with Gasteiger partial charge in [-0.2, -0.15) is 0 Å². The topological polar surface area (TPSA) is 138 Å². The van der Waals surface area contributed by atoms with Crippen LogP contribution >= 0.6 is 0 Å². The van der Waals surface area contributed by atoms with Crippen molar-refractivity contribution in [2.75, 3.05) is 41.3 Å². The first kappa shape index (κ1) is 31.5. The van der Waals surface area contributed by atoms with Crippen molar-refractivity contribution < 1.29 is 38.0 Å². The minimum atomic E-state index is -0.740. The van der Waals surface area contributed by atoms with Crippen molar-refractivity contribution in [2.24, 2.45) is 0 Å². The summed E-state index contributed by atoms with van der Waals surface area (Å²) in [6.07, 6.45) is 0. The molecule has 0 atom stereocenters. The van der Waals surface area contributed by atoms with E-state index in [4.69, 9.17) is 34.2 Å². The second-order valence-corrected chi connectivity index (χ2v) is 10.0. The number of pyridine rings is 1. The van der Waals surface area contributed by atoms with Crippen molar-refractivity contribution in [3.63, 3.8) is 0 Å². The Bertz CT molecular complexity index is 1960. The Morgan fingerprint density at radius 2 is 1.35 bits per heavy atom. The van der Waals surface area contributed by atoms with Crippen molar-refractivity contribution in [1.82, 2.24) is 4.57 Å². The average Bonchev–Trinajstić information content (AvgIpc) is 3.09. The molecule has 0 amide bonds. The van der Waals surface area contributed by atoms with E-state index in [0.717, 1.165) is 5.56 Å². The zero-order valence-corrected chi connectivity index (χ0v) is 25.9. The molecule has 0 aliphatic heterocycles. The van der Waals surface area contributed by atoms with Crippen LogP contribution in [0.25, 0.3) is 27.6 Å². The molecule has 0 saturated heterocycles. The van der Waals surface area contributed by atoms with E-state index in [1.165, 1.54) is 40.1 Å². The molecule has 0 bridgehead atoms. The summed E-state index contributed by atoms with van der Waals surface area (Å²) in [7, 11) is 7.04. The Morgan fingerprint density at radius 3 is 1.91 bits per heavy atom. The third-order valence-electron chi connectivity index (χ3n) is 7.42. The molecule has 0 fully saturated rings. The summed E-state index contributed by atoms with van der Waals surface area (Å²) in [5.41, 5.74) is 8.43. The summed E-state index contributed by atoms with van der Waals surface area (Å²) < 4.78 is 34.1. The number of nitrogens with zero attached hydrogens (tertiary/aromatic N) is 1. The number of rotatable bonds is 10. The molecule has 0 saturated carbocycles. The molecule has 0 radical (unpaired) electrons. The van der Waals surface area contributed by atoms with Crippen LogP contribution in [-0.4, -0.2) is 52.1 Å². The second kappa shape index (κ2) is 13.3. The summed E-state index contributed by atoms with van der Waals surface area (Å²) in [4.78, 5) is 39.6. The molecule has 236 valence electrons. The van der Waals surface area contributed by atoms with Gasteiger partial charge in [0.2, 0.25) is 5.75 Å². The Hall–Kier alpha value is -5.97. The predicted molar refractivity (Wildman–Crippen MR) is 173 cm³/mol. The fourth-order valence-electron chi connectivity index (χ4n) is 5.17. The van der Waals surface area contributed by atoms with Crippen molar-refractivity contribution in [3.05, 3.63) is 106 Å². The molecule has 5 aromatic rings. The largest absolute Gasteiger partial charge is 0.493 e. The molecule has 5 rings (SSSR count). The molecule has 46 heavy (non-hydrogen) atoms. The molecule has 0 unspecified atom stereocenters. The highest BCUT2D eigenvalue weighted by atomic mass is 16.5. The number of carbonyl (C=O) groups is 2. The molecule has 11 nitrogen and oxygen atoms in total. The molecular weight excluding hydrogens is 592 g/mol. The van der Waals surface area contributed by atoms with E-state index in [0.29, 0.717) is 56.4 Å². The quantitative estimate of drug-likeness (QED) is 0.158. The molecule has 11 heteroatoms. The van der Waals surface area contributed by atoms with Gasteiger partial charge in [-0.3, -0.25) is 9.36 Å². The standard InChI is InChI=1S/C35H32N2O9/c1-41-28-16-22(17-29(42-2)32(28)43-3)30-26-15-14-25(46-19-20-6-8-21(9-7-20)34(39)44-4)18-27(26)33(38)37(31(30)35(40)45-5)24-12-10-23(36)11-13-24/h6-18H,19,36H2,1-5H3. The maximum atomic E-state index is 14.3. The number of carbonyl (C=O) groups excluding carboxylic acids is 2. The molecule has 2 N–H and O–H groups in total. The Morgan fingerprint density at radius 1 is 0.717 bits per heavy atom. The number of nitrogens with two attached hydrogens (primary N) is 1. The van der Waals surface area contributed by atoms with Crippen LogP contribution in [0.3, 0.4) is 0 Å². The van der Waals surface area contributed by atoms with Crippen LogP contribution in [0.2, 0.25) is 0 Å². The smallest absolute Gasteiger partial charge is 0.355 e. The Balaban J connectivity index is 1.75. The van der Waals surface area contributed by atoms with Crippen LogP contribution in [0.15, 0.2) is 83.7 Å². The van der Waals surface area contributed by atoms with Gasteiger partial charge < -0.3 is 34.2 Å². The summed E-state index contributed by atoms with van der Waals surface area (Å²) in [6.45, 7) is 0.166. The van der Waals surface area contributed by atoms with E-state index >= 15 is 0 Å². The Kier molecular flexibility index (Phi) is 9.13. The minimum Gasteiger partial charge on any atom is -0.493 e. The third-order valence-corrected chi connectivity index (χ3v) is 7.42. The average molecular weight is 625 g/mol. The van der Waals surface area contributed by atoms with Gasteiger partial charge in [0.05, 0.1) is 46.5 Å². The van der Waals surface area contributed by atoms with Crippen molar-refractivity contribution in [3.8, 4) is 39.8 Å². The Labute approximate surface area is 264 Å². The summed E-state index contributed by atoms with van der Waals surface area (Å²) in [5, 5.41) is 0.730. The molecule has 1 aromatic heterocycles. The van der Waals surface area contributed by atoms with Crippen molar-refractivity contribution in [2.45, 2.75) is 6.61 Å². The first-order valence-corrected chi connectivity index (χ1v) is 14.0. The van der Waals surface area contributed by atoms with Crippen LogP contribution in [0.1, 0.15) is 26.4 Å². The number of methoxy groups -OCH3 is 5. The van der Waals surface area contributed by atoms with E-state index < -0.39 is 17.5 Å². The summed E-state index contributed by atoms with van der Waals surface area (Å²) >= 11 is 0. The lowest BCUT2D eigenvalue weighted by molar-refractivity contribution is 0.0586. The lowest BCUT2D eigenvalue weighted by atomic mass is 9.95. The van der Waals surface area contributed by atoms with E-state index in [-0.39, 0.29) is 17.7 Å². The van der Waals surface area contributed by atoms with Gasteiger partial charge in [0.15, 0.2) is 11.5 Å². The summed E-state index contributed by atoms with van der Waals surface area (Å²) in [6, 6.07) is 21.8. The normalized spacial score (nSPS) is 10.7. The van der Waals surface area contributed by atoms with Gasteiger partial charge >= 0.3 is 11.9 Å². The molecule has 4 aromatic carbocycles. The molecular formula is C35H32N2O9. The van der Waals surface area contributed by atoms with Gasteiger partial charge in [-0.25, -0.2) is 9.59 Å². The molecule has 1 heterocycles. The highest BCUT2D eigenvalue weighted by molar-refractivity contribution is 6.08. The number of hydrogen-bond acceptors (Lipinski definition) is 10. The first-order chi connectivity index (χ1) is 22.2. The van der Waals surface area contributed by atoms with Gasteiger partial charge in [0.1, 0.15) is 18.1 Å². The lowest BCUT2D eigenvalue weighted by Gasteiger charge is -2.21. The fourth-order valence-corrected chi connectivity index (χ4v) is 5.17. The van der Waals surface area contributed by atoms with Gasteiger partial charge in [0, 0.05) is 16.9 Å². The first-order valence-electron chi connectivity index (χ1n) is 14.0. The SMILES string of the molecule is COC(=O)c1ccc(COc2ccc3c(-c4cc(OC)c(OC)c(OC)c4)c(C(=O)OC)n(-c4ccc(N)cc4)c(=O)c3c2)cc1. The highest BCUT2D eigenvalue weighted by Gasteiger charge is 2.27. The maximum Gasteiger partial charge on any atom is 0.355 e. The number of benzene rings is 4. The van der Waals surface area contributed by atoms with Crippen molar-refractivity contribution >= 4 is 28.4 Å². The predicted octanol–water partition coefficient (Wildman–Crippen LogP) is 5.42. The molecule has 0 aliphatic rings. The van der Waals surface area contributed by atoms with Gasteiger partial charge in [-0.1, -0.05) is 12.1 Å². The second-order valence-electron chi connectivity index (χ2n) is 10.0. The van der Waals surface area contributed by atoms with E-state index in [2.05, 4.69) is 0 Å². The van der Waals surface area contributed by atoms with Gasteiger partial charge in [-0.15, -0.1) is 0 Å². The summed E-state index contributed by atoms with van der Waals surface area (Å²) in [5.74, 6) is 0.296. The number of fused-ring (bicyclic) bond motifs is 1. The van der Waals surface area contributed by atoms with Crippen LogP contribution in [0.5, 0.6) is 23.0 Å². The van der Waals surface area contributed by atoms with E-state index in [9.17, 15) is 14.4 Å². The zero-order chi connectivity index (χ0) is 33.0. The van der Waals surface area contributed by atoms with E-state index in [1.54, 1.807) is 78.9 Å². The highest BCUT2D eigenvalue weighted by Crippen LogP contribution is 2.44. The number of ether oxygens (including phenoxy) is 6. The number of aromatic nitrogens is 1. The third kappa shape index (κ3) is 5.90. The van der Waals surface area contributed by atoms with Gasteiger partial charge in [-0.05, 0) is 83.2 Å². The molecule has 0 spiro atoms. The number of nitrogen functional groups attached to an aromatic ring is 1. The minimum absolute atomic E-state index is 0.0154.